The Bertz CT molecular complexity index is 474. The molecule has 0 saturated heterocycles. The molecule has 0 spiro atoms. The second kappa shape index (κ2) is 6.50. The predicted octanol–water partition coefficient (Wildman–Crippen LogP) is -0.835. The number of carbonyl (C=O) groups is 3. The van der Waals surface area contributed by atoms with Gasteiger partial charge in [0.25, 0.3) is 5.91 Å². The lowest BCUT2D eigenvalue weighted by molar-refractivity contribution is -0.144. The number of carboxylic acids is 1. The van der Waals surface area contributed by atoms with Crippen LogP contribution in [0.4, 0.5) is 0 Å². The third kappa shape index (κ3) is 4.40. The summed E-state index contributed by atoms with van der Waals surface area (Å²) in [6, 6.07) is 6.56. The Kier molecular flexibility index (Phi) is 5.01. The molecular formula is C12H14N2O5. The van der Waals surface area contributed by atoms with Gasteiger partial charge in [0.2, 0.25) is 5.91 Å². The molecule has 2 amide bonds. The summed E-state index contributed by atoms with van der Waals surface area (Å²) in [7, 11) is 0. The first-order chi connectivity index (χ1) is 8.91. The summed E-state index contributed by atoms with van der Waals surface area (Å²) < 4.78 is 0. The fourth-order valence-electron chi connectivity index (χ4n) is 1.44. The lowest BCUT2D eigenvalue weighted by Crippen LogP contribution is -2.45. The third-order valence-corrected chi connectivity index (χ3v) is 2.38. The molecule has 0 fully saturated rings. The van der Waals surface area contributed by atoms with Gasteiger partial charge >= 0.3 is 5.97 Å². The molecule has 2 atom stereocenters. The maximum atomic E-state index is 11.7. The standard InChI is InChI=1S/C12H14N2O5/c13-9(15)6-8(12(18)19)14-11(17)10(16)7-4-2-1-3-5-7/h1-5,8,10,16H,6H2,(H2,13,15)(H,14,17)(H,18,19). The van der Waals surface area contributed by atoms with Crippen LogP contribution in [0.2, 0.25) is 0 Å². The lowest BCUT2D eigenvalue weighted by atomic mass is 10.1. The molecule has 0 radical (unpaired) electrons. The largest absolute Gasteiger partial charge is 0.480 e. The van der Waals surface area contributed by atoms with Crippen molar-refractivity contribution in [3.05, 3.63) is 35.9 Å². The minimum Gasteiger partial charge on any atom is -0.480 e. The smallest absolute Gasteiger partial charge is 0.326 e. The average molecular weight is 266 g/mol. The number of amides is 2. The highest BCUT2D eigenvalue weighted by Crippen LogP contribution is 2.12. The van der Waals surface area contributed by atoms with Crippen molar-refractivity contribution in [3.8, 4) is 0 Å². The highest BCUT2D eigenvalue weighted by Gasteiger charge is 2.26. The normalized spacial score (nSPS) is 13.3. The van der Waals surface area contributed by atoms with Crippen molar-refractivity contribution in [1.82, 2.24) is 5.32 Å². The molecule has 0 bridgehead atoms. The van der Waals surface area contributed by atoms with Crippen LogP contribution in [0.25, 0.3) is 0 Å². The van der Waals surface area contributed by atoms with E-state index in [2.05, 4.69) is 5.32 Å². The number of aliphatic hydroxyl groups excluding tert-OH is 1. The zero-order chi connectivity index (χ0) is 14.4. The van der Waals surface area contributed by atoms with E-state index in [1.54, 1.807) is 18.2 Å². The van der Waals surface area contributed by atoms with E-state index >= 15 is 0 Å². The molecule has 7 heteroatoms. The quantitative estimate of drug-likeness (QED) is 0.533. The van der Waals surface area contributed by atoms with Gasteiger partial charge in [0, 0.05) is 0 Å². The molecule has 5 N–H and O–H groups in total. The number of aliphatic hydroxyl groups is 1. The molecule has 1 rings (SSSR count). The van der Waals surface area contributed by atoms with E-state index in [0.717, 1.165) is 0 Å². The summed E-state index contributed by atoms with van der Waals surface area (Å²) in [6.45, 7) is 0. The van der Waals surface area contributed by atoms with E-state index < -0.39 is 36.4 Å². The maximum absolute atomic E-state index is 11.7. The van der Waals surface area contributed by atoms with Gasteiger partial charge in [-0.2, -0.15) is 0 Å². The van der Waals surface area contributed by atoms with E-state index in [9.17, 15) is 19.5 Å². The number of hydrogen-bond acceptors (Lipinski definition) is 4. The van der Waals surface area contributed by atoms with E-state index in [0.29, 0.717) is 5.56 Å². The van der Waals surface area contributed by atoms with Crippen LogP contribution in [0.1, 0.15) is 18.1 Å². The van der Waals surface area contributed by atoms with Crippen LogP contribution in [0, 0.1) is 0 Å². The molecular weight excluding hydrogens is 252 g/mol. The van der Waals surface area contributed by atoms with Crippen LogP contribution in [0.5, 0.6) is 0 Å². The lowest BCUT2D eigenvalue weighted by Gasteiger charge is -2.16. The molecule has 0 aliphatic carbocycles. The Morgan fingerprint density at radius 2 is 1.79 bits per heavy atom. The second-order valence-corrected chi connectivity index (χ2v) is 3.88. The minimum atomic E-state index is -1.50. The topological polar surface area (TPSA) is 130 Å². The SMILES string of the molecule is NC(=O)CC(NC(=O)C(O)c1ccccc1)C(=O)O. The predicted molar refractivity (Wildman–Crippen MR) is 64.8 cm³/mol. The molecule has 1 aromatic rings. The van der Waals surface area contributed by atoms with Gasteiger partial charge in [0.1, 0.15) is 6.04 Å². The molecule has 0 aliphatic rings. The van der Waals surface area contributed by atoms with Gasteiger partial charge in [-0.3, -0.25) is 9.59 Å². The number of rotatable bonds is 6. The Morgan fingerprint density at radius 3 is 2.26 bits per heavy atom. The summed E-state index contributed by atoms with van der Waals surface area (Å²) in [4.78, 5) is 33.2. The van der Waals surface area contributed by atoms with Crippen molar-refractivity contribution >= 4 is 17.8 Å². The highest BCUT2D eigenvalue weighted by atomic mass is 16.4. The van der Waals surface area contributed by atoms with Crippen molar-refractivity contribution in [2.75, 3.05) is 0 Å². The number of primary amides is 1. The molecule has 7 nitrogen and oxygen atoms in total. The van der Waals surface area contributed by atoms with Crippen molar-refractivity contribution in [2.45, 2.75) is 18.6 Å². The van der Waals surface area contributed by atoms with Gasteiger partial charge in [-0.05, 0) is 5.56 Å². The number of carbonyl (C=O) groups excluding carboxylic acids is 2. The highest BCUT2D eigenvalue weighted by molar-refractivity contribution is 5.90. The fourth-order valence-corrected chi connectivity index (χ4v) is 1.44. The Labute approximate surface area is 109 Å². The van der Waals surface area contributed by atoms with E-state index in [-0.39, 0.29) is 0 Å². The van der Waals surface area contributed by atoms with Gasteiger partial charge in [-0.25, -0.2) is 4.79 Å². The third-order valence-electron chi connectivity index (χ3n) is 2.38. The molecule has 2 unspecified atom stereocenters. The van der Waals surface area contributed by atoms with E-state index in [1.807, 2.05) is 0 Å². The van der Waals surface area contributed by atoms with Crippen LogP contribution in [-0.4, -0.2) is 34.0 Å². The van der Waals surface area contributed by atoms with Crippen molar-refractivity contribution in [3.63, 3.8) is 0 Å². The van der Waals surface area contributed by atoms with Gasteiger partial charge < -0.3 is 21.3 Å². The van der Waals surface area contributed by atoms with Gasteiger partial charge in [0.15, 0.2) is 6.10 Å². The first kappa shape index (κ1) is 14.7. The molecule has 0 saturated carbocycles. The number of carboxylic acid groups (broad SMARTS) is 1. The van der Waals surface area contributed by atoms with Crippen LogP contribution in [-0.2, 0) is 14.4 Å². The summed E-state index contributed by atoms with van der Waals surface area (Å²) in [5.74, 6) is -3.16. The number of aliphatic carboxylic acids is 1. The average Bonchev–Trinajstić information content (AvgIpc) is 2.37. The van der Waals surface area contributed by atoms with Crippen LogP contribution >= 0.6 is 0 Å². The van der Waals surface area contributed by atoms with Gasteiger partial charge in [0.05, 0.1) is 6.42 Å². The molecule has 102 valence electrons. The molecule has 0 heterocycles. The van der Waals surface area contributed by atoms with Crippen molar-refractivity contribution in [1.29, 1.82) is 0 Å². The minimum absolute atomic E-state index is 0.322. The fraction of sp³-hybridized carbons (Fsp3) is 0.250. The molecule has 0 aromatic heterocycles. The van der Waals surface area contributed by atoms with E-state index in [1.165, 1.54) is 12.1 Å². The summed E-state index contributed by atoms with van der Waals surface area (Å²) in [6.07, 6.45) is -2.04. The second-order valence-electron chi connectivity index (χ2n) is 3.88. The molecule has 19 heavy (non-hydrogen) atoms. The summed E-state index contributed by atoms with van der Waals surface area (Å²) in [5.41, 5.74) is 5.20. The first-order valence-electron chi connectivity index (χ1n) is 5.46. The monoisotopic (exact) mass is 266 g/mol. The Balaban J connectivity index is 2.72. The zero-order valence-electron chi connectivity index (χ0n) is 9.95. The number of benzene rings is 1. The molecule has 0 aliphatic heterocycles. The Hall–Kier alpha value is -2.41. The van der Waals surface area contributed by atoms with E-state index in [4.69, 9.17) is 10.8 Å². The first-order valence-corrected chi connectivity index (χ1v) is 5.46. The van der Waals surface area contributed by atoms with Crippen LogP contribution in [0.15, 0.2) is 30.3 Å². The zero-order valence-corrected chi connectivity index (χ0v) is 9.95. The van der Waals surface area contributed by atoms with Crippen molar-refractivity contribution in [2.24, 2.45) is 5.73 Å². The van der Waals surface area contributed by atoms with Gasteiger partial charge in [-0.15, -0.1) is 0 Å². The number of nitrogens with two attached hydrogens (primary N) is 1. The van der Waals surface area contributed by atoms with Crippen LogP contribution < -0.4 is 11.1 Å². The summed E-state index contributed by atoms with van der Waals surface area (Å²) >= 11 is 0. The summed E-state index contributed by atoms with van der Waals surface area (Å²) in [5, 5.41) is 20.6. The molecule has 1 aromatic carbocycles. The van der Waals surface area contributed by atoms with Crippen molar-refractivity contribution < 1.29 is 24.6 Å². The van der Waals surface area contributed by atoms with Gasteiger partial charge in [-0.1, -0.05) is 30.3 Å². The number of nitrogens with one attached hydrogen (secondary N) is 1. The number of hydrogen-bond donors (Lipinski definition) is 4. The Morgan fingerprint density at radius 1 is 1.21 bits per heavy atom. The van der Waals surface area contributed by atoms with Crippen LogP contribution in [0.3, 0.4) is 0 Å². The maximum Gasteiger partial charge on any atom is 0.326 e.